The van der Waals surface area contributed by atoms with Gasteiger partial charge in [0.05, 0.1) is 16.4 Å². The minimum absolute atomic E-state index is 0.0347. The number of amides is 1. The van der Waals surface area contributed by atoms with E-state index in [2.05, 4.69) is 0 Å². The second-order valence-electron chi connectivity index (χ2n) is 5.61. The minimum atomic E-state index is -0.948. The van der Waals surface area contributed by atoms with E-state index >= 15 is 0 Å². The number of piperidine rings is 1. The molecule has 1 aliphatic heterocycles. The molecule has 118 valence electrons. The van der Waals surface area contributed by atoms with Gasteiger partial charge in [0, 0.05) is 30.9 Å². The lowest BCUT2D eigenvalue weighted by atomic mass is 9.90. The van der Waals surface area contributed by atoms with Crippen molar-refractivity contribution < 1.29 is 19.6 Å². The van der Waals surface area contributed by atoms with Crippen molar-refractivity contribution in [1.29, 1.82) is 0 Å². The van der Waals surface area contributed by atoms with Crippen LogP contribution in [0.2, 0.25) is 0 Å². The first-order valence-corrected chi connectivity index (χ1v) is 6.85. The number of nitro groups is 1. The van der Waals surface area contributed by atoms with Crippen LogP contribution in [-0.2, 0) is 4.79 Å². The third-order valence-electron chi connectivity index (χ3n) is 3.77. The van der Waals surface area contributed by atoms with Crippen LogP contribution in [0.15, 0.2) is 18.2 Å². The van der Waals surface area contributed by atoms with Crippen LogP contribution in [0.25, 0.3) is 0 Å². The van der Waals surface area contributed by atoms with E-state index in [0.29, 0.717) is 13.0 Å². The molecule has 22 heavy (non-hydrogen) atoms. The fourth-order valence-electron chi connectivity index (χ4n) is 2.71. The van der Waals surface area contributed by atoms with Crippen LogP contribution in [0, 0.1) is 22.0 Å². The molecule has 1 amide bonds. The monoisotopic (exact) mass is 307 g/mol. The lowest BCUT2D eigenvalue weighted by Crippen LogP contribution is -2.45. The molecule has 2 rings (SSSR count). The predicted octanol–water partition coefficient (Wildman–Crippen LogP) is 1.36. The maximum Gasteiger partial charge on any atom is 0.308 e. The van der Waals surface area contributed by atoms with E-state index in [0.717, 1.165) is 6.07 Å². The molecule has 0 aliphatic carbocycles. The molecular weight excluding hydrogens is 290 g/mol. The summed E-state index contributed by atoms with van der Waals surface area (Å²) in [4.78, 5) is 35.3. The van der Waals surface area contributed by atoms with Gasteiger partial charge in [0.15, 0.2) is 0 Å². The van der Waals surface area contributed by atoms with Crippen molar-refractivity contribution in [2.45, 2.75) is 13.3 Å². The quantitative estimate of drug-likeness (QED) is 0.493. The summed E-state index contributed by atoms with van der Waals surface area (Å²) < 4.78 is 0. The lowest BCUT2D eigenvalue weighted by molar-refractivity contribution is -0.384. The van der Waals surface area contributed by atoms with Crippen LogP contribution in [-0.4, -0.2) is 39.9 Å². The number of carbonyl (C=O) groups is 2. The molecule has 0 radical (unpaired) electrons. The number of nitrogens with zero attached hydrogens (tertiary/aromatic N) is 2. The smallest absolute Gasteiger partial charge is 0.308 e. The fraction of sp³-hybridized carbons (Fsp3) is 0.429. The standard InChI is InChI=1S/C14H17N3O5/c1-8-4-9(14(19)20)7-16(6-8)13(18)11-5-10(17(21)22)2-3-12(11)15/h2-3,5,8-9H,4,6-7,15H2,1H3,(H,19,20). The predicted molar refractivity (Wildman–Crippen MR) is 78.3 cm³/mol. The van der Waals surface area contributed by atoms with Crippen molar-refractivity contribution in [2.75, 3.05) is 18.8 Å². The van der Waals surface area contributed by atoms with Gasteiger partial charge in [-0.25, -0.2) is 0 Å². The number of rotatable bonds is 3. The second kappa shape index (κ2) is 6.00. The third kappa shape index (κ3) is 3.16. The van der Waals surface area contributed by atoms with E-state index in [1.54, 1.807) is 0 Å². The van der Waals surface area contributed by atoms with E-state index < -0.39 is 22.7 Å². The van der Waals surface area contributed by atoms with Crippen LogP contribution in [0.4, 0.5) is 11.4 Å². The normalized spacial score (nSPS) is 21.4. The molecule has 8 nitrogen and oxygen atoms in total. The molecule has 2 unspecified atom stereocenters. The van der Waals surface area contributed by atoms with Crippen molar-refractivity contribution in [3.05, 3.63) is 33.9 Å². The van der Waals surface area contributed by atoms with Crippen molar-refractivity contribution in [3.8, 4) is 0 Å². The first-order valence-electron chi connectivity index (χ1n) is 6.85. The van der Waals surface area contributed by atoms with Crippen LogP contribution < -0.4 is 5.73 Å². The first-order chi connectivity index (χ1) is 10.3. The SMILES string of the molecule is CC1CC(C(=O)O)CN(C(=O)c2cc([N+](=O)[O-])ccc2N)C1. The average molecular weight is 307 g/mol. The maximum absolute atomic E-state index is 12.5. The molecule has 0 bridgehead atoms. The highest BCUT2D eigenvalue weighted by Gasteiger charge is 2.33. The number of nitrogens with two attached hydrogens (primary N) is 1. The number of carboxylic acid groups (broad SMARTS) is 1. The zero-order chi connectivity index (χ0) is 16.4. The van der Waals surface area contributed by atoms with Gasteiger partial charge < -0.3 is 15.7 Å². The van der Waals surface area contributed by atoms with Crippen molar-refractivity contribution in [3.63, 3.8) is 0 Å². The molecule has 8 heteroatoms. The van der Waals surface area contributed by atoms with E-state index in [4.69, 9.17) is 10.8 Å². The summed E-state index contributed by atoms with van der Waals surface area (Å²) in [5.41, 5.74) is 5.69. The molecule has 1 aliphatic rings. The Kier molecular flexibility index (Phi) is 4.30. The maximum atomic E-state index is 12.5. The summed E-state index contributed by atoms with van der Waals surface area (Å²) in [7, 11) is 0. The van der Waals surface area contributed by atoms with Crippen molar-refractivity contribution in [1.82, 2.24) is 4.90 Å². The molecule has 1 aromatic rings. The van der Waals surface area contributed by atoms with Crippen LogP contribution >= 0.6 is 0 Å². The number of benzene rings is 1. The molecular formula is C14H17N3O5. The van der Waals surface area contributed by atoms with Gasteiger partial charge in [-0.1, -0.05) is 6.92 Å². The summed E-state index contributed by atoms with van der Waals surface area (Å²) in [6, 6.07) is 3.67. The second-order valence-corrected chi connectivity index (χ2v) is 5.61. The molecule has 2 atom stereocenters. The number of aliphatic carboxylic acids is 1. The molecule has 0 saturated carbocycles. The Labute approximate surface area is 126 Å². The highest BCUT2D eigenvalue weighted by molar-refractivity contribution is 6.00. The number of hydrogen-bond donors (Lipinski definition) is 2. The number of nitrogen functional groups attached to an aromatic ring is 1. The van der Waals surface area contributed by atoms with Gasteiger partial charge in [-0.05, 0) is 18.4 Å². The Bertz CT molecular complexity index is 631. The van der Waals surface area contributed by atoms with Crippen molar-refractivity contribution >= 4 is 23.3 Å². The molecule has 0 spiro atoms. The van der Waals surface area contributed by atoms with Gasteiger partial charge in [-0.15, -0.1) is 0 Å². The summed E-state index contributed by atoms with van der Waals surface area (Å²) >= 11 is 0. The summed E-state index contributed by atoms with van der Waals surface area (Å²) in [6.07, 6.45) is 0.504. The van der Waals surface area contributed by atoms with Crippen LogP contribution in [0.3, 0.4) is 0 Å². The van der Waals surface area contributed by atoms with E-state index in [9.17, 15) is 19.7 Å². The molecule has 0 aromatic heterocycles. The van der Waals surface area contributed by atoms with Gasteiger partial charge in [-0.2, -0.15) is 0 Å². The van der Waals surface area contributed by atoms with Crippen LogP contribution in [0.5, 0.6) is 0 Å². The number of likely N-dealkylation sites (tertiary alicyclic amines) is 1. The molecule has 3 N–H and O–H groups in total. The third-order valence-corrected chi connectivity index (χ3v) is 3.77. The highest BCUT2D eigenvalue weighted by atomic mass is 16.6. The number of carbonyl (C=O) groups excluding carboxylic acids is 1. The van der Waals surface area contributed by atoms with E-state index in [1.807, 2.05) is 6.92 Å². The Morgan fingerprint density at radius 3 is 2.68 bits per heavy atom. The Morgan fingerprint density at radius 2 is 2.09 bits per heavy atom. The number of carboxylic acids is 1. The van der Waals surface area contributed by atoms with Gasteiger partial charge in [-0.3, -0.25) is 19.7 Å². The molecule has 1 fully saturated rings. The molecule has 1 heterocycles. The van der Waals surface area contributed by atoms with E-state index in [1.165, 1.54) is 17.0 Å². The minimum Gasteiger partial charge on any atom is -0.481 e. The Balaban J connectivity index is 2.29. The van der Waals surface area contributed by atoms with Crippen molar-refractivity contribution in [2.24, 2.45) is 11.8 Å². The average Bonchev–Trinajstić information content (AvgIpc) is 2.46. The summed E-state index contributed by atoms with van der Waals surface area (Å²) in [5.74, 6) is -2.01. The van der Waals surface area contributed by atoms with Gasteiger partial charge in [0.1, 0.15) is 0 Å². The van der Waals surface area contributed by atoms with Gasteiger partial charge in [0.2, 0.25) is 0 Å². The zero-order valence-corrected chi connectivity index (χ0v) is 12.1. The molecule has 1 aromatic carbocycles. The highest BCUT2D eigenvalue weighted by Crippen LogP contribution is 2.26. The Morgan fingerprint density at radius 1 is 1.41 bits per heavy atom. The fourth-order valence-corrected chi connectivity index (χ4v) is 2.71. The Hall–Kier alpha value is -2.64. The van der Waals surface area contributed by atoms with Gasteiger partial charge in [0.25, 0.3) is 11.6 Å². The number of anilines is 1. The number of nitro benzene ring substituents is 1. The largest absolute Gasteiger partial charge is 0.481 e. The first kappa shape index (κ1) is 15.7. The summed E-state index contributed by atoms with van der Waals surface area (Å²) in [5, 5.41) is 20.0. The van der Waals surface area contributed by atoms with E-state index in [-0.39, 0.29) is 29.4 Å². The topological polar surface area (TPSA) is 127 Å². The number of hydrogen-bond acceptors (Lipinski definition) is 5. The van der Waals surface area contributed by atoms with Crippen LogP contribution in [0.1, 0.15) is 23.7 Å². The lowest BCUT2D eigenvalue weighted by Gasteiger charge is -2.34. The zero-order valence-electron chi connectivity index (χ0n) is 12.1. The summed E-state index contributed by atoms with van der Waals surface area (Å²) in [6.45, 7) is 2.36. The van der Waals surface area contributed by atoms with Gasteiger partial charge >= 0.3 is 5.97 Å². The number of non-ortho nitro benzene ring substituents is 1. The molecule has 1 saturated heterocycles.